The average molecular weight is 297 g/mol. The van der Waals surface area contributed by atoms with E-state index in [1.165, 1.54) is 6.20 Å². The molecule has 0 aliphatic rings. The second-order valence-electron chi connectivity index (χ2n) is 4.99. The van der Waals surface area contributed by atoms with E-state index in [-0.39, 0.29) is 11.7 Å². The number of hydrogen-bond donors (Lipinski definition) is 1. The summed E-state index contributed by atoms with van der Waals surface area (Å²) in [5, 5.41) is 18.2. The van der Waals surface area contributed by atoms with Gasteiger partial charge in [-0.15, -0.1) is 0 Å². The van der Waals surface area contributed by atoms with Gasteiger partial charge in [0.05, 0.1) is 22.9 Å². The van der Waals surface area contributed by atoms with E-state index in [9.17, 15) is 10.1 Å². The lowest BCUT2D eigenvalue weighted by molar-refractivity contribution is 0.0695. The van der Waals surface area contributed by atoms with Crippen LogP contribution in [-0.4, -0.2) is 27.1 Å². The van der Waals surface area contributed by atoms with Crippen LogP contribution >= 0.6 is 0 Å². The molecule has 1 aromatic heterocycles. The minimum absolute atomic E-state index is 0.0358. The van der Waals surface area contributed by atoms with E-state index in [1.807, 2.05) is 13.8 Å². The lowest BCUT2D eigenvalue weighted by Crippen LogP contribution is -2.07. The molecule has 0 fully saturated rings. The molecule has 22 heavy (non-hydrogen) atoms. The molecule has 0 aliphatic heterocycles. The van der Waals surface area contributed by atoms with Crippen LogP contribution in [0.2, 0.25) is 0 Å². The minimum atomic E-state index is -1.07. The van der Waals surface area contributed by atoms with Crippen molar-refractivity contribution in [2.45, 2.75) is 26.9 Å². The smallest absolute Gasteiger partial charge is 0.339 e. The lowest BCUT2D eigenvalue weighted by Gasteiger charge is -2.12. The zero-order chi connectivity index (χ0) is 16.3. The Morgan fingerprint density at radius 2 is 2.14 bits per heavy atom. The Balaban J connectivity index is 2.44. The van der Waals surface area contributed by atoms with Crippen molar-refractivity contribution in [3.63, 3.8) is 0 Å². The van der Waals surface area contributed by atoms with E-state index in [0.717, 1.165) is 0 Å². The van der Waals surface area contributed by atoms with Crippen LogP contribution in [0.25, 0.3) is 11.4 Å². The van der Waals surface area contributed by atoms with Crippen LogP contribution < -0.4 is 4.74 Å². The molecule has 112 valence electrons. The molecular formula is C16H15N3O3. The van der Waals surface area contributed by atoms with Gasteiger partial charge in [-0.05, 0) is 39.0 Å². The Kier molecular flexibility index (Phi) is 4.37. The third kappa shape index (κ3) is 3.20. The van der Waals surface area contributed by atoms with Crippen LogP contribution in [0.15, 0.2) is 24.4 Å². The molecule has 2 rings (SSSR count). The summed E-state index contributed by atoms with van der Waals surface area (Å²) in [6, 6.07) is 7.15. The number of nitrogens with zero attached hydrogens (tertiary/aromatic N) is 3. The van der Waals surface area contributed by atoms with Crippen molar-refractivity contribution in [2.75, 3.05) is 0 Å². The Bertz CT molecular complexity index is 764. The number of carboxylic acids is 1. The van der Waals surface area contributed by atoms with E-state index >= 15 is 0 Å². The molecule has 0 bridgehead atoms. The first-order chi connectivity index (χ1) is 10.4. The standard InChI is InChI=1S/C16H15N3O3/c1-9(2)22-14-5-4-11(6-12(14)7-17)15-18-8-13(16(20)21)10(3)19-15/h4-6,8-9H,1-3H3,(H,20,21). The molecule has 1 aromatic carbocycles. The molecule has 2 aromatic rings. The lowest BCUT2D eigenvalue weighted by atomic mass is 10.1. The van der Waals surface area contributed by atoms with E-state index < -0.39 is 5.97 Å². The minimum Gasteiger partial charge on any atom is -0.490 e. The fourth-order valence-electron chi connectivity index (χ4n) is 1.93. The summed E-state index contributed by atoms with van der Waals surface area (Å²) in [5.74, 6) is -0.197. The predicted molar refractivity (Wildman–Crippen MR) is 79.6 cm³/mol. The molecule has 1 heterocycles. The first kappa shape index (κ1) is 15.4. The van der Waals surface area contributed by atoms with Crippen LogP contribution in [0.5, 0.6) is 5.75 Å². The van der Waals surface area contributed by atoms with Crippen LogP contribution in [0.1, 0.15) is 35.5 Å². The molecule has 0 radical (unpaired) electrons. The van der Waals surface area contributed by atoms with Gasteiger partial charge in [-0.1, -0.05) is 0 Å². The first-order valence-corrected chi connectivity index (χ1v) is 6.70. The largest absolute Gasteiger partial charge is 0.490 e. The van der Waals surface area contributed by atoms with Gasteiger partial charge in [0.15, 0.2) is 5.82 Å². The van der Waals surface area contributed by atoms with Crippen molar-refractivity contribution in [1.29, 1.82) is 5.26 Å². The summed E-state index contributed by atoms with van der Waals surface area (Å²) in [4.78, 5) is 19.2. The molecule has 0 amide bonds. The van der Waals surface area contributed by atoms with Crippen molar-refractivity contribution in [2.24, 2.45) is 0 Å². The number of carboxylic acid groups (broad SMARTS) is 1. The van der Waals surface area contributed by atoms with Gasteiger partial charge < -0.3 is 9.84 Å². The highest BCUT2D eigenvalue weighted by Gasteiger charge is 2.13. The number of aromatic carboxylic acids is 1. The van der Waals surface area contributed by atoms with Crippen molar-refractivity contribution < 1.29 is 14.6 Å². The van der Waals surface area contributed by atoms with Gasteiger partial charge in [0, 0.05) is 11.8 Å². The molecule has 6 heteroatoms. The zero-order valence-corrected chi connectivity index (χ0v) is 12.5. The third-order valence-electron chi connectivity index (χ3n) is 2.93. The number of nitriles is 1. The van der Waals surface area contributed by atoms with Crippen molar-refractivity contribution in [1.82, 2.24) is 9.97 Å². The number of rotatable bonds is 4. The molecule has 0 aliphatic carbocycles. The van der Waals surface area contributed by atoms with Gasteiger partial charge in [0.1, 0.15) is 11.8 Å². The molecular weight excluding hydrogens is 282 g/mol. The Labute approximate surface area is 128 Å². The summed E-state index contributed by atoms with van der Waals surface area (Å²) in [6.07, 6.45) is 1.23. The highest BCUT2D eigenvalue weighted by molar-refractivity contribution is 5.88. The molecule has 6 nitrogen and oxygen atoms in total. The number of carbonyl (C=O) groups is 1. The summed E-state index contributed by atoms with van der Waals surface area (Å²) in [6.45, 7) is 5.37. The number of benzene rings is 1. The van der Waals surface area contributed by atoms with Crippen LogP contribution in [0.4, 0.5) is 0 Å². The normalized spacial score (nSPS) is 10.3. The summed E-state index contributed by atoms with van der Waals surface area (Å²) in [5.41, 5.74) is 1.45. The Morgan fingerprint density at radius 1 is 1.41 bits per heavy atom. The molecule has 0 saturated heterocycles. The van der Waals surface area contributed by atoms with Crippen LogP contribution in [0, 0.1) is 18.3 Å². The Hall–Kier alpha value is -2.94. The number of ether oxygens (including phenoxy) is 1. The monoisotopic (exact) mass is 297 g/mol. The van der Waals surface area contributed by atoms with Gasteiger partial charge in [0.25, 0.3) is 0 Å². The molecule has 0 saturated carbocycles. The summed E-state index contributed by atoms with van der Waals surface area (Å²) in [7, 11) is 0. The Morgan fingerprint density at radius 3 is 2.68 bits per heavy atom. The maximum absolute atomic E-state index is 11.0. The highest BCUT2D eigenvalue weighted by atomic mass is 16.5. The SMILES string of the molecule is Cc1nc(-c2ccc(OC(C)C)c(C#N)c2)ncc1C(=O)O. The van der Waals surface area contributed by atoms with E-state index in [0.29, 0.717) is 28.4 Å². The second-order valence-corrected chi connectivity index (χ2v) is 4.99. The van der Waals surface area contributed by atoms with Crippen molar-refractivity contribution >= 4 is 5.97 Å². The fourth-order valence-corrected chi connectivity index (χ4v) is 1.93. The van der Waals surface area contributed by atoms with Crippen LogP contribution in [0.3, 0.4) is 0 Å². The fraction of sp³-hybridized carbons (Fsp3) is 0.250. The number of aryl methyl sites for hydroxylation is 1. The van der Waals surface area contributed by atoms with Crippen molar-refractivity contribution in [3.8, 4) is 23.2 Å². The third-order valence-corrected chi connectivity index (χ3v) is 2.93. The van der Waals surface area contributed by atoms with Crippen LogP contribution in [-0.2, 0) is 0 Å². The average Bonchev–Trinajstić information content (AvgIpc) is 2.46. The number of aromatic nitrogens is 2. The van der Waals surface area contributed by atoms with Gasteiger partial charge in [-0.2, -0.15) is 5.26 Å². The van der Waals surface area contributed by atoms with Crippen molar-refractivity contribution in [3.05, 3.63) is 41.2 Å². The highest BCUT2D eigenvalue weighted by Crippen LogP contribution is 2.25. The van der Waals surface area contributed by atoms with E-state index in [2.05, 4.69) is 16.0 Å². The van der Waals surface area contributed by atoms with E-state index in [1.54, 1.807) is 25.1 Å². The topological polar surface area (TPSA) is 96.1 Å². The van der Waals surface area contributed by atoms with Gasteiger partial charge in [-0.3, -0.25) is 0 Å². The summed E-state index contributed by atoms with van der Waals surface area (Å²) >= 11 is 0. The molecule has 0 spiro atoms. The first-order valence-electron chi connectivity index (χ1n) is 6.70. The number of hydrogen-bond acceptors (Lipinski definition) is 5. The quantitative estimate of drug-likeness (QED) is 0.932. The predicted octanol–water partition coefficient (Wildman–Crippen LogP) is 2.81. The zero-order valence-electron chi connectivity index (χ0n) is 12.5. The molecule has 1 N–H and O–H groups in total. The van der Waals surface area contributed by atoms with Gasteiger partial charge in [0.2, 0.25) is 0 Å². The van der Waals surface area contributed by atoms with E-state index in [4.69, 9.17) is 9.84 Å². The summed E-state index contributed by atoms with van der Waals surface area (Å²) < 4.78 is 5.56. The van der Waals surface area contributed by atoms with Gasteiger partial charge in [-0.25, -0.2) is 14.8 Å². The maximum atomic E-state index is 11.0. The molecule has 0 atom stereocenters. The van der Waals surface area contributed by atoms with Gasteiger partial charge >= 0.3 is 5.97 Å². The molecule has 0 unspecified atom stereocenters. The maximum Gasteiger partial charge on any atom is 0.339 e. The second kappa shape index (κ2) is 6.22.